The van der Waals surface area contributed by atoms with Crippen molar-refractivity contribution < 1.29 is 20.1 Å². The average Bonchev–Trinajstić information content (AvgIpc) is 3.12. The van der Waals surface area contributed by atoms with Crippen molar-refractivity contribution in [2.45, 2.75) is 250 Å². The SMILES string of the molecule is CCCCCCC/C=C/CC/C=C/CCCC(O)C(O)C(CO)NC(=O)CCCCCCCCCCCCCCCCCCCCCCCC. The Kier molecular flexibility index (Phi) is 39.6. The van der Waals surface area contributed by atoms with E-state index in [-0.39, 0.29) is 12.5 Å². The van der Waals surface area contributed by atoms with E-state index >= 15 is 0 Å². The summed E-state index contributed by atoms with van der Waals surface area (Å²) in [6.45, 7) is 4.16. The third kappa shape index (κ3) is 35.2. The van der Waals surface area contributed by atoms with Crippen LogP contribution in [0.3, 0.4) is 0 Å². The Bertz CT molecular complexity index is 739. The molecular weight excluding hydrogens is 618 g/mol. The second-order valence-corrected chi connectivity index (χ2v) is 15.2. The maximum atomic E-state index is 12.4. The molecule has 0 aromatic heterocycles. The molecule has 0 aliphatic heterocycles. The van der Waals surface area contributed by atoms with Crippen molar-refractivity contribution >= 4 is 5.91 Å². The van der Waals surface area contributed by atoms with Gasteiger partial charge in [-0.1, -0.05) is 199 Å². The first-order chi connectivity index (χ1) is 24.6. The quantitative estimate of drug-likeness (QED) is 0.0377. The molecule has 0 rings (SSSR count). The molecule has 0 heterocycles. The number of hydrogen-bond donors (Lipinski definition) is 4. The van der Waals surface area contributed by atoms with Gasteiger partial charge >= 0.3 is 0 Å². The fraction of sp³-hybridized carbons (Fsp3) is 0.889. The van der Waals surface area contributed by atoms with E-state index in [1.165, 1.54) is 161 Å². The molecule has 4 N–H and O–H groups in total. The molecule has 0 spiro atoms. The molecule has 1 amide bonds. The van der Waals surface area contributed by atoms with Gasteiger partial charge < -0.3 is 20.6 Å². The molecule has 0 aromatic rings. The highest BCUT2D eigenvalue weighted by Crippen LogP contribution is 2.16. The lowest BCUT2D eigenvalue weighted by atomic mass is 10.0. The number of amides is 1. The summed E-state index contributed by atoms with van der Waals surface area (Å²) in [5, 5.41) is 33.5. The van der Waals surface area contributed by atoms with Crippen molar-refractivity contribution in [2.24, 2.45) is 0 Å². The molecule has 50 heavy (non-hydrogen) atoms. The van der Waals surface area contributed by atoms with E-state index in [0.29, 0.717) is 12.8 Å². The zero-order chi connectivity index (χ0) is 36.6. The highest BCUT2D eigenvalue weighted by Gasteiger charge is 2.26. The number of rotatable bonds is 40. The zero-order valence-electron chi connectivity index (χ0n) is 33.5. The van der Waals surface area contributed by atoms with Crippen LogP contribution in [0.2, 0.25) is 0 Å². The number of carbonyl (C=O) groups is 1. The molecule has 0 aliphatic carbocycles. The number of hydrogen-bond acceptors (Lipinski definition) is 4. The van der Waals surface area contributed by atoms with Crippen LogP contribution in [0, 0.1) is 0 Å². The summed E-state index contributed by atoms with van der Waals surface area (Å²) in [5.41, 5.74) is 0. The van der Waals surface area contributed by atoms with E-state index in [0.717, 1.165) is 44.9 Å². The Morgan fingerprint density at radius 1 is 0.480 bits per heavy atom. The van der Waals surface area contributed by atoms with E-state index in [1.54, 1.807) is 0 Å². The predicted octanol–water partition coefficient (Wildman–Crippen LogP) is 12.6. The first kappa shape index (κ1) is 48.8. The number of unbranched alkanes of at least 4 members (excludes halogenated alkanes) is 28. The van der Waals surface area contributed by atoms with Crippen LogP contribution in [0.1, 0.15) is 232 Å². The maximum absolute atomic E-state index is 12.4. The number of aliphatic hydroxyl groups is 3. The minimum Gasteiger partial charge on any atom is -0.394 e. The van der Waals surface area contributed by atoms with E-state index in [9.17, 15) is 20.1 Å². The number of carbonyl (C=O) groups excluding carboxylic acids is 1. The third-order valence-corrected chi connectivity index (χ3v) is 10.3. The summed E-state index contributed by atoms with van der Waals surface area (Å²) < 4.78 is 0. The molecule has 3 atom stereocenters. The molecule has 0 radical (unpaired) electrons. The van der Waals surface area contributed by atoms with E-state index in [2.05, 4.69) is 43.5 Å². The van der Waals surface area contributed by atoms with Crippen LogP contribution in [0.5, 0.6) is 0 Å². The van der Waals surface area contributed by atoms with Crippen molar-refractivity contribution in [1.29, 1.82) is 0 Å². The summed E-state index contributed by atoms with van der Waals surface area (Å²) in [4.78, 5) is 12.4. The Morgan fingerprint density at radius 2 is 0.820 bits per heavy atom. The minimum absolute atomic E-state index is 0.156. The van der Waals surface area contributed by atoms with Crippen LogP contribution < -0.4 is 5.32 Å². The van der Waals surface area contributed by atoms with Crippen molar-refractivity contribution in [2.75, 3.05) is 6.61 Å². The number of aliphatic hydroxyl groups excluding tert-OH is 3. The predicted molar refractivity (Wildman–Crippen MR) is 218 cm³/mol. The van der Waals surface area contributed by atoms with Gasteiger partial charge in [0, 0.05) is 6.42 Å². The van der Waals surface area contributed by atoms with Crippen LogP contribution in [0.15, 0.2) is 24.3 Å². The van der Waals surface area contributed by atoms with Crippen molar-refractivity contribution in [3.8, 4) is 0 Å². The first-order valence-electron chi connectivity index (χ1n) is 22.1. The van der Waals surface area contributed by atoms with Crippen LogP contribution in [-0.2, 0) is 4.79 Å². The Labute approximate surface area is 312 Å². The molecule has 0 aliphatic rings. The topological polar surface area (TPSA) is 89.8 Å². The van der Waals surface area contributed by atoms with Crippen molar-refractivity contribution in [3.63, 3.8) is 0 Å². The van der Waals surface area contributed by atoms with E-state index in [1.807, 2.05) is 0 Å². The van der Waals surface area contributed by atoms with Gasteiger partial charge in [0.2, 0.25) is 5.91 Å². The largest absolute Gasteiger partial charge is 0.394 e. The second kappa shape index (κ2) is 40.6. The minimum atomic E-state index is -1.16. The first-order valence-corrected chi connectivity index (χ1v) is 22.1. The summed E-state index contributed by atoms with van der Waals surface area (Å²) in [6, 6.07) is -0.828. The maximum Gasteiger partial charge on any atom is 0.220 e. The average molecular weight is 706 g/mol. The fourth-order valence-corrected chi connectivity index (χ4v) is 6.83. The standard InChI is InChI=1S/C45H87NO4/c1-3-5-7-9-11-13-15-17-19-20-21-22-23-24-25-26-28-30-32-34-36-38-40-44(49)46-42(41-47)45(50)43(48)39-37-35-33-31-29-27-18-16-14-12-10-8-6-4-2/h16,18,31,33,42-43,45,47-48,50H,3-15,17,19-30,32,34-41H2,1-2H3,(H,46,49)/b18-16+,33-31+. The van der Waals surface area contributed by atoms with Gasteiger partial charge in [0.25, 0.3) is 0 Å². The molecule has 3 unspecified atom stereocenters. The van der Waals surface area contributed by atoms with Gasteiger partial charge in [0.15, 0.2) is 0 Å². The van der Waals surface area contributed by atoms with E-state index in [4.69, 9.17) is 0 Å². The van der Waals surface area contributed by atoms with Gasteiger partial charge in [-0.05, 0) is 51.4 Å². The monoisotopic (exact) mass is 706 g/mol. The van der Waals surface area contributed by atoms with Crippen LogP contribution in [-0.4, -0.2) is 46.1 Å². The molecule has 5 nitrogen and oxygen atoms in total. The van der Waals surface area contributed by atoms with Gasteiger partial charge in [-0.15, -0.1) is 0 Å². The molecule has 0 saturated heterocycles. The van der Waals surface area contributed by atoms with E-state index < -0.39 is 18.2 Å². The lowest BCUT2D eigenvalue weighted by Gasteiger charge is -2.26. The molecule has 0 bridgehead atoms. The molecule has 0 aromatic carbocycles. The summed E-state index contributed by atoms with van der Waals surface area (Å²) >= 11 is 0. The van der Waals surface area contributed by atoms with Crippen LogP contribution >= 0.6 is 0 Å². The van der Waals surface area contributed by atoms with Crippen LogP contribution in [0.25, 0.3) is 0 Å². The van der Waals surface area contributed by atoms with Gasteiger partial charge in [-0.2, -0.15) is 0 Å². The molecule has 5 heteroatoms. The Morgan fingerprint density at radius 3 is 1.22 bits per heavy atom. The lowest BCUT2D eigenvalue weighted by molar-refractivity contribution is -0.124. The molecule has 0 saturated carbocycles. The summed E-state index contributed by atoms with van der Waals surface area (Å²) in [5.74, 6) is -0.156. The third-order valence-electron chi connectivity index (χ3n) is 10.3. The Hall–Kier alpha value is -1.17. The lowest BCUT2D eigenvalue weighted by Crippen LogP contribution is -2.50. The van der Waals surface area contributed by atoms with Crippen molar-refractivity contribution in [3.05, 3.63) is 24.3 Å². The zero-order valence-corrected chi connectivity index (χ0v) is 33.5. The van der Waals surface area contributed by atoms with Gasteiger partial charge in [-0.3, -0.25) is 4.79 Å². The molecule has 0 fully saturated rings. The summed E-state index contributed by atoms with van der Waals surface area (Å²) in [7, 11) is 0. The van der Waals surface area contributed by atoms with Crippen molar-refractivity contribution in [1.82, 2.24) is 5.32 Å². The smallest absolute Gasteiger partial charge is 0.220 e. The fourth-order valence-electron chi connectivity index (χ4n) is 6.83. The van der Waals surface area contributed by atoms with Gasteiger partial charge in [0.05, 0.1) is 18.8 Å². The van der Waals surface area contributed by atoms with Gasteiger partial charge in [0.1, 0.15) is 6.10 Å². The molecule has 296 valence electrons. The normalized spacial score (nSPS) is 13.8. The van der Waals surface area contributed by atoms with Crippen LogP contribution in [0.4, 0.5) is 0 Å². The summed E-state index contributed by atoms with van der Waals surface area (Å²) in [6.07, 6.45) is 48.6. The highest BCUT2D eigenvalue weighted by molar-refractivity contribution is 5.76. The Balaban J connectivity index is 3.62. The number of nitrogens with one attached hydrogen (secondary N) is 1. The van der Waals surface area contributed by atoms with Gasteiger partial charge in [-0.25, -0.2) is 0 Å². The molecular formula is C45H87NO4. The number of allylic oxidation sites excluding steroid dienone is 4. The highest BCUT2D eigenvalue weighted by atomic mass is 16.3. The second-order valence-electron chi connectivity index (χ2n) is 15.2.